The molecule has 1 atom stereocenters. The van der Waals surface area contributed by atoms with Crippen molar-refractivity contribution in [1.29, 1.82) is 0 Å². The fourth-order valence-corrected chi connectivity index (χ4v) is 3.53. The van der Waals surface area contributed by atoms with Crippen LogP contribution in [0.1, 0.15) is 130 Å². The van der Waals surface area contributed by atoms with E-state index in [0.29, 0.717) is 18.9 Å². The van der Waals surface area contributed by atoms with Crippen LogP contribution in [0.2, 0.25) is 0 Å². The lowest BCUT2D eigenvalue weighted by Gasteiger charge is -2.13. The first-order valence-electron chi connectivity index (χ1n) is 12.0. The molecule has 28 heavy (non-hydrogen) atoms. The molecule has 0 aliphatic heterocycles. The van der Waals surface area contributed by atoms with Crippen LogP contribution in [-0.2, 0) is 9.53 Å². The van der Waals surface area contributed by atoms with Crippen LogP contribution < -0.4 is 5.73 Å². The first-order chi connectivity index (χ1) is 13.1. The van der Waals surface area contributed by atoms with Crippen molar-refractivity contribution in [2.24, 2.45) is 11.7 Å². The summed E-state index contributed by atoms with van der Waals surface area (Å²) in [4.78, 5) is 11.7. The van der Waals surface area contributed by atoms with E-state index in [-0.39, 0.29) is 18.4 Å². The number of halogens is 1. The van der Waals surface area contributed by atoms with Gasteiger partial charge in [0.05, 0.1) is 6.61 Å². The van der Waals surface area contributed by atoms with Crippen molar-refractivity contribution in [3.63, 3.8) is 0 Å². The minimum absolute atomic E-state index is 0. The van der Waals surface area contributed by atoms with E-state index in [2.05, 4.69) is 20.8 Å². The number of ether oxygens (including phenoxy) is 1. The number of nitrogens with two attached hydrogens (primary N) is 1. The van der Waals surface area contributed by atoms with Gasteiger partial charge < -0.3 is 10.5 Å². The fraction of sp³-hybridized carbons (Fsp3) is 0.958. The number of hydrogen-bond donors (Lipinski definition) is 1. The van der Waals surface area contributed by atoms with Gasteiger partial charge in [0.2, 0.25) is 0 Å². The lowest BCUT2D eigenvalue weighted by atomic mass is 10.0. The van der Waals surface area contributed by atoms with Gasteiger partial charge in [0.1, 0.15) is 6.04 Å². The summed E-state index contributed by atoms with van der Waals surface area (Å²) < 4.78 is 5.26. The van der Waals surface area contributed by atoms with Gasteiger partial charge in [-0.2, -0.15) is 0 Å². The maximum absolute atomic E-state index is 11.7. The number of carbonyl (C=O) groups is 1. The summed E-state index contributed by atoms with van der Waals surface area (Å²) in [5, 5.41) is 0. The van der Waals surface area contributed by atoms with Crippen LogP contribution in [0.15, 0.2) is 0 Å². The second-order valence-corrected chi connectivity index (χ2v) is 8.71. The van der Waals surface area contributed by atoms with Crippen LogP contribution in [-0.4, -0.2) is 18.6 Å². The normalized spacial score (nSPS) is 12.0. The second kappa shape index (κ2) is 23.0. The molecular weight excluding hydrogens is 370 g/mol. The van der Waals surface area contributed by atoms with Crippen molar-refractivity contribution in [3.05, 3.63) is 0 Å². The molecule has 0 spiro atoms. The predicted molar refractivity (Wildman–Crippen MR) is 125 cm³/mol. The van der Waals surface area contributed by atoms with Crippen LogP contribution in [0.25, 0.3) is 0 Å². The molecule has 0 aliphatic rings. The summed E-state index contributed by atoms with van der Waals surface area (Å²) >= 11 is 0. The Morgan fingerprint density at radius 1 is 0.714 bits per heavy atom. The van der Waals surface area contributed by atoms with Crippen molar-refractivity contribution < 1.29 is 9.53 Å². The highest BCUT2D eigenvalue weighted by molar-refractivity contribution is 5.85. The summed E-state index contributed by atoms with van der Waals surface area (Å²) in [6, 6.07) is -0.453. The highest BCUT2D eigenvalue weighted by atomic mass is 35.5. The smallest absolute Gasteiger partial charge is 0.322 e. The van der Waals surface area contributed by atoms with E-state index in [1.54, 1.807) is 0 Å². The van der Waals surface area contributed by atoms with Crippen molar-refractivity contribution in [3.8, 4) is 0 Å². The highest BCUT2D eigenvalue weighted by Gasteiger charge is 2.15. The molecule has 2 N–H and O–H groups in total. The van der Waals surface area contributed by atoms with Crippen molar-refractivity contribution in [2.45, 2.75) is 136 Å². The molecule has 0 aromatic carbocycles. The van der Waals surface area contributed by atoms with Gasteiger partial charge in [-0.25, -0.2) is 0 Å². The Labute approximate surface area is 182 Å². The summed E-state index contributed by atoms with van der Waals surface area (Å²) in [7, 11) is 0. The summed E-state index contributed by atoms with van der Waals surface area (Å²) in [5.74, 6) is 0.202. The minimum Gasteiger partial charge on any atom is -0.465 e. The first-order valence-corrected chi connectivity index (χ1v) is 12.0. The number of esters is 1. The van der Waals surface area contributed by atoms with Gasteiger partial charge in [-0.3, -0.25) is 4.79 Å². The molecule has 0 aromatic heterocycles. The van der Waals surface area contributed by atoms with Gasteiger partial charge in [-0.15, -0.1) is 12.4 Å². The number of hydrogen-bond acceptors (Lipinski definition) is 3. The zero-order chi connectivity index (χ0) is 20.2. The fourth-order valence-electron chi connectivity index (χ4n) is 3.53. The second-order valence-electron chi connectivity index (χ2n) is 8.71. The van der Waals surface area contributed by atoms with Crippen molar-refractivity contribution in [1.82, 2.24) is 0 Å². The monoisotopic (exact) mass is 419 g/mol. The zero-order valence-electron chi connectivity index (χ0n) is 19.2. The van der Waals surface area contributed by atoms with Crippen LogP contribution in [0.3, 0.4) is 0 Å². The molecule has 0 rings (SSSR count). The Balaban J connectivity index is 0. The molecule has 0 heterocycles. The van der Waals surface area contributed by atoms with E-state index in [9.17, 15) is 4.79 Å². The van der Waals surface area contributed by atoms with Crippen molar-refractivity contribution in [2.75, 3.05) is 6.61 Å². The van der Waals surface area contributed by atoms with Gasteiger partial charge in [-0.05, 0) is 18.8 Å². The standard InChI is InChI=1S/C24H49NO2.ClH/c1-4-5-6-7-8-9-10-11-12-13-14-15-16-17-18-19-20-27-24(26)23(25)21-22(2)3;/h22-23H,4-21,25H2,1-3H3;1H. The molecular formula is C24H50ClNO2. The third-order valence-electron chi connectivity index (χ3n) is 5.27. The maximum Gasteiger partial charge on any atom is 0.322 e. The molecule has 0 amide bonds. The molecule has 4 heteroatoms. The van der Waals surface area contributed by atoms with E-state index < -0.39 is 6.04 Å². The Morgan fingerprint density at radius 3 is 1.43 bits per heavy atom. The molecule has 0 radical (unpaired) electrons. The topological polar surface area (TPSA) is 52.3 Å². The van der Waals surface area contributed by atoms with Crippen LogP contribution in [0.4, 0.5) is 0 Å². The lowest BCUT2D eigenvalue weighted by molar-refractivity contribution is -0.145. The molecule has 0 aliphatic carbocycles. The zero-order valence-corrected chi connectivity index (χ0v) is 20.0. The Bertz CT molecular complexity index is 324. The molecule has 0 aromatic rings. The average molecular weight is 420 g/mol. The largest absolute Gasteiger partial charge is 0.465 e. The summed E-state index contributed by atoms with van der Waals surface area (Å²) in [6.45, 7) is 6.96. The van der Waals surface area contributed by atoms with Gasteiger partial charge >= 0.3 is 5.97 Å². The Hall–Kier alpha value is -0.280. The summed E-state index contributed by atoms with van der Waals surface area (Å²) in [5.41, 5.74) is 5.82. The molecule has 0 saturated carbocycles. The quantitative estimate of drug-likeness (QED) is 0.163. The third-order valence-corrected chi connectivity index (χ3v) is 5.27. The third kappa shape index (κ3) is 22.0. The van der Waals surface area contributed by atoms with Crippen LogP contribution >= 0.6 is 12.4 Å². The molecule has 3 nitrogen and oxygen atoms in total. The number of rotatable bonds is 20. The van der Waals surface area contributed by atoms with Crippen LogP contribution in [0.5, 0.6) is 0 Å². The Morgan fingerprint density at radius 2 is 1.07 bits per heavy atom. The van der Waals surface area contributed by atoms with E-state index in [4.69, 9.17) is 10.5 Å². The molecule has 0 saturated heterocycles. The molecule has 1 unspecified atom stereocenters. The number of carbonyl (C=O) groups excluding carboxylic acids is 1. The molecule has 0 fully saturated rings. The van der Waals surface area contributed by atoms with Gasteiger partial charge in [0.25, 0.3) is 0 Å². The highest BCUT2D eigenvalue weighted by Crippen LogP contribution is 2.13. The SMILES string of the molecule is CCCCCCCCCCCCCCCCCCOC(=O)C(N)CC(C)C.Cl. The molecule has 170 valence electrons. The van der Waals surface area contributed by atoms with Crippen LogP contribution in [0, 0.1) is 5.92 Å². The first kappa shape index (κ1) is 29.9. The van der Waals surface area contributed by atoms with Gasteiger partial charge in [0, 0.05) is 0 Å². The Kier molecular flexibility index (Phi) is 24.6. The summed E-state index contributed by atoms with van der Waals surface area (Å²) in [6.07, 6.45) is 22.4. The van der Waals surface area contributed by atoms with E-state index >= 15 is 0 Å². The predicted octanol–water partition coefficient (Wildman–Crippen LogP) is 7.59. The van der Waals surface area contributed by atoms with E-state index in [0.717, 1.165) is 12.8 Å². The van der Waals surface area contributed by atoms with Gasteiger partial charge in [-0.1, -0.05) is 117 Å². The number of unbranched alkanes of at least 4 members (excludes halogenated alkanes) is 15. The van der Waals surface area contributed by atoms with E-state index in [1.165, 1.54) is 89.9 Å². The van der Waals surface area contributed by atoms with E-state index in [1.807, 2.05) is 0 Å². The average Bonchev–Trinajstić information content (AvgIpc) is 2.63. The van der Waals surface area contributed by atoms with Crippen molar-refractivity contribution >= 4 is 18.4 Å². The minimum atomic E-state index is -0.453. The maximum atomic E-state index is 11.7. The van der Waals surface area contributed by atoms with Gasteiger partial charge in [0.15, 0.2) is 0 Å². The lowest BCUT2D eigenvalue weighted by Crippen LogP contribution is -2.33. The molecule has 0 bridgehead atoms.